The zero-order chi connectivity index (χ0) is 21.6. The summed E-state index contributed by atoms with van der Waals surface area (Å²) in [6, 6.07) is 9.38. The maximum atomic E-state index is 13.9. The molecule has 0 unspecified atom stereocenters. The van der Waals surface area contributed by atoms with Crippen molar-refractivity contribution in [1.29, 1.82) is 0 Å². The Balaban J connectivity index is 1.94. The lowest BCUT2D eigenvalue weighted by Crippen LogP contribution is -2.46. The second-order valence-corrected chi connectivity index (χ2v) is 6.84. The normalized spacial score (nSPS) is 10.6. The largest absolute Gasteiger partial charge is 0.345 e. The van der Waals surface area contributed by atoms with Crippen LogP contribution in [0.3, 0.4) is 0 Å². The molecule has 2 rings (SSSR count). The molecule has 6 nitrogen and oxygen atoms in total. The first-order valence-corrected chi connectivity index (χ1v) is 9.06. The number of halogens is 2. The van der Waals surface area contributed by atoms with Gasteiger partial charge in [-0.1, -0.05) is 17.7 Å². The van der Waals surface area contributed by atoms with Crippen molar-refractivity contribution in [2.75, 3.05) is 18.4 Å². The molecule has 0 aliphatic heterocycles. The van der Waals surface area contributed by atoms with Crippen molar-refractivity contribution in [3.63, 3.8) is 0 Å². The van der Waals surface area contributed by atoms with E-state index >= 15 is 0 Å². The summed E-state index contributed by atoms with van der Waals surface area (Å²) in [6.07, 6.45) is 0. The summed E-state index contributed by atoms with van der Waals surface area (Å²) in [4.78, 5) is 37.9. The van der Waals surface area contributed by atoms with Crippen LogP contribution >= 0.6 is 0 Å². The van der Waals surface area contributed by atoms with Gasteiger partial charge in [0.2, 0.25) is 11.8 Å². The third-order valence-electron chi connectivity index (χ3n) is 4.14. The summed E-state index contributed by atoms with van der Waals surface area (Å²) < 4.78 is 27.0. The van der Waals surface area contributed by atoms with Gasteiger partial charge in [0, 0.05) is 17.8 Å². The summed E-state index contributed by atoms with van der Waals surface area (Å²) in [6.45, 7) is 4.60. The standard InChI is InChI=1S/C21H23F2N3O3/c1-13(2)26(21(29)17-9-6-15(22)10-18(17)23)12-20(28)24-11-19(27)25-16-7-4-14(3)5-8-16/h4-10,13H,11-12H2,1-3H3,(H,24,28)(H,25,27). The number of benzene rings is 2. The van der Waals surface area contributed by atoms with Gasteiger partial charge in [-0.05, 0) is 45.0 Å². The Morgan fingerprint density at radius 2 is 1.66 bits per heavy atom. The molecule has 0 saturated carbocycles. The Morgan fingerprint density at radius 3 is 2.24 bits per heavy atom. The number of nitrogens with one attached hydrogen (secondary N) is 2. The number of carbonyl (C=O) groups is 3. The van der Waals surface area contributed by atoms with Gasteiger partial charge in [-0.25, -0.2) is 8.78 Å². The van der Waals surface area contributed by atoms with E-state index in [1.54, 1.807) is 26.0 Å². The molecule has 0 aromatic heterocycles. The molecule has 0 bridgehead atoms. The van der Waals surface area contributed by atoms with E-state index in [-0.39, 0.29) is 18.7 Å². The summed E-state index contributed by atoms with van der Waals surface area (Å²) in [5.74, 6) is -3.54. The Morgan fingerprint density at radius 1 is 1.00 bits per heavy atom. The fourth-order valence-corrected chi connectivity index (χ4v) is 2.54. The average Bonchev–Trinajstić information content (AvgIpc) is 2.65. The smallest absolute Gasteiger partial charge is 0.257 e. The lowest BCUT2D eigenvalue weighted by molar-refractivity contribution is -0.124. The summed E-state index contributed by atoms with van der Waals surface area (Å²) in [5, 5.41) is 5.07. The number of rotatable bonds is 7. The van der Waals surface area contributed by atoms with E-state index in [0.717, 1.165) is 22.6 Å². The van der Waals surface area contributed by atoms with E-state index < -0.39 is 35.4 Å². The van der Waals surface area contributed by atoms with Gasteiger partial charge in [0.15, 0.2) is 0 Å². The van der Waals surface area contributed by atoms with Crippen LogP contribution in [0.1, 0.15) is 29.8 Å². The van der Waals surface area contributed by atoms with Gasteiger partial charge in [-0.2, -0.15) is 0 Å². The average molecular weight is 403 g/mol. The van der Waals surface area contributed by atoms with Gasteiger partial charge in [-0.15, -0.1) is 0 Å². The highest BCUT2D eigenvalue weighted by Gasteiger charge is 2.24. The van der Waals surface area contributed by atoms with E-state index in [1.165, 1.54) is 0 Å². The predicted octanol–water partition coefficient (Wildman–Crippen LogP) is 2.88. The molecule has 29 heavy (non-hydrogen) atoms. The number of carbonyl (C=O) groups excluding carboxylic acids is 3. The molecule has 0 atom stereocenters. The third-order valence-corrected chi connectivity index (χ3v) is 4.14. The first kappa shape index (κ1) is 22.0. The van der Waals surface area contributed by atoms with Crippen LogP contribution in [0.4, 0.5) is 14.5 Å². The third kappa shape index (κ3) is 6.38. The monoisotopic (exact) mass is 403 g/mol. The lowest BCUT2D eigenvalue weighted by Gasteiger charge is -2.26. The molecule has 0 aliphatic carbocycles. The van der Waals surface area contributed by atoms with Crippen LogP contribution in [0, 0.1) is 18.6 Å². The quantitative estimate of drug-likeness (QED) is 0.746. The maximum Gasteiger partial charge on any atom is 0.257 e. The number of hydrogen-bond acceptors (Lipinski definition) is 3. The fraction of sp³-hybridized carbons (Fsp3) is 0.286. The molecule has 8 heteroatoms. The molecule has 154 valence electrons. The Labute approximate surface area is 167 Å². The molecule has 0 heterocycles. The highest BCUT2D eigenvalue weighted by molar-refractivity contribution is 5.98. The van der Waals surface area contributed by atoms with Crippen molar-refractivity contribution in [2.45, 2.75) is 26.8 Å². The molecule has 0 radical (unpaired) electrons. The minimum absolute atomic E-state index is 0.280. The van der Waals surface area contributed by atoms with E-state index in [0.29, 0.717) is 11.8 Å². The number of aryl methyl sites for hydroxylation is 1. The van der Waals surface area contributed by atoms with Crippen LogP contribution in [0.2, 0.25) is 0 Å². The minimum Gasteiger partial charge on any atom is -0.345 e. The molecule has 2 N–H and O–H groups in total. The van der Waals surface area contributed by atoms with Crippen molar-refractivity contribution in [3.05, 3.63) is 65.2 Å². The lowest BCUT2D eigenvalue weighted by atomic mass is 10.1. The number of hydrogen-bond donors (Lipinski definition) is 2. The molecule has 2 aromatic carbocycles. The Bertz CT molecular complexity index is 899. The molecule has 0 aliphatic rings. The summed E-state index contributed by atoms with van der Waals surface area (Å²) >= 11 is 0. The number of nitrogens with zero attached hydrogens (tertiary/aromatic N) is 1. The SMILES string of the molecule is Cc1ccc(NC(=O)CNC(=O)CN(C(=O)c2ccc(F)cc2F)C(C)C)cc1. The van der Waals surface area contributed by atoms with E-state index in [1.807, 2.05) is 19.1 Å². The van der Waals surface area contributed by atoms with Crippen LogP contribution in [-0.2, 0) is 9.59 Å². The first-order chi connectivity index (χ1) is 13.7. The first-order valence-electron chi connectivity index (χ1n) is 9.06. The van der Waals surface area contributed by atoms with Crippen molar-refractivity contribution in [3.8, 4) is 0 Å². The van der Waals surface area contributed by atoms with Gasteiger partial charge in [-0.3, -0.25) is 14.4 Å². The minimum atomic E-state index is -1.00. The van der Waals surface area contributed by atoms with Crippen molar-refractivity contribution in [2.24, 2.45) is 0 Å². The Kier molecular flexibility index (Phi) is 7.41. The van der Waals surface area contributed by atoms with E-state index in [9.17, 15) is 23.2 Å². The summed E-state index contributed by atoms with van der Waals surface area (Å²) in [7, 11) is 0. The van der Waals surface area contributed by atoms with Crippen LogP contribution in [0.15, 0.2) is 42.5 Å². The molecule has 3 amide bonds. The molecule has 2 aromatic rings. The Hall–Kier alpha value is -3.29. The molecule has 0 fully saturated rings. The second kappa shape index (κ2) is 9.77. The molecule has 0 saturated heterocycles. The van der Waals surface area contributed by atoms with Crippen LogP contribution < -0.4 is 10.6 Å². The van der Waals surface area contributed by atoms with Gasteiger partial charge in [0.25, 0.3) is 5.91 Å². The van der Waals surface area contributed by atoms with Crippen molar-refractivity contribution < 1.29 is 23.2 Å². The van der Waals surface area contributed by atoms with Gasteiger partial charge < -0.3 is 15.5 Å². The predicted molar refractivity (Wildman–Crippen MR) is 105 cm³/mol. The second-order valence-electron chi connectivity index (χ2n) is 6.84. The summed E-state index contributed by atoms with van der Waals surface area (Å²) in [5.41, 5.74) is 1.32. The maximum absolute atomic E-state index is 13.9. The van der Waals surface area contributed by atoms with Crippen LogP contribution in [0.25, 0.3) is 0 Å². The number of amides is 3. The number of anilines is 1. The topological polar surface area (TPSA) is 78.5 Å². The van der Waals surface area contributed by atoms with Crippen LogP contribution in [0.5, 0.6) is 0 Å². The van der Waals surface area contributed by atoms with Crippen molar-refractivity contribution in [1.82, 2.24) is 10.2 Å². The van der Waals surface area contributed by atoms with Crippen molar-refractivity contribution >= 4 is 23.4 Å². The fourth-order valence-electron chi connectivity index (χ4n) is 2.54. The van der Waals surface area contributed by atoms with Gasteiger partial charge in [0.1, 0.15) is 18.2 Å². The zero-order valence-electron chi connectivity index (χ0n) is 16.5. The highest BCUT2D eigenvalue weighted by atomic mass is 19.1. The van der Waals surface area contributed by atoms with E-state index in [4.69, 9.17) is 0 Å². The molecular formula is C21H23F2N3O3. The molecular weight excluding hydrogens is 380 g/mol. The van der Waals surface area contributed by atoms with Crippen LogP contribution in [-0.4, -0.2) is 41.8 Å². The molecule has 0 spiro atoms. The zero-order valence-corrected chi connectivity index (χ0v) is 16.5. The van der Waals surface area contributed by atoms with E-state index in [2.05, 4.69) is 10.6 Å². The highest BCUT2D eigenvalue weighted by Crippen LogP contribution is 2.14. The van der Waals surface area contributed by atoms with Gasteiger partial charge >= 0.3 is 0 Å². The van der Waals surface area contributed by atoms with Gasteiger partial charge in [0.05, 0.1) is 12.1 Å².